The number of rotatable bonds is 8. The van der Waals surface area contributed by atoms with Gasteiger partial charge in [-0.25, -0.2) is 8.42 Å². The molecule has 1 heterocycles. The molecular weight excluding hydrogens is 294 g/mol. The Balaban J connectivity index is 2.82. The van der Waals surface area contributed by atoms with Gasteiger partial charge in [0.1, 0.15) is 0 Å². The zero-order valence-corrected chi connectivity index (χ0v) is 12.9. The molecule has 0 radical (unpaired) electrons. The maximum Gasteiger partial charge on any atom is 0.243 e. The van der Waals surface area contributed by atoms with Gasteiger partial charge in [0.15, 0.2) is 0 Å². The first-order valence-electron chi connectivity index (χ1n) is 5.77. The Morgan fingerprint density at radius 3 is 2.67 bits per heavy atom. The molecule has 0 aliphatic rings. The Hall–Kier alpha value is -0.140. The van der Waals surface area contributed by atoms with E-state index in [1.54, 1.807) is 11.4 Å². The molecule has 0 N–H and O–H groups in total. The number of hydrogen-bond donors (Lipinski definition) is 0. The van der Waals surface area contributed by atoms with Crippen molar-refractivity contribution in [1.29, 1.82) is 0 Å². The zero-order valence-electron chi connectivity index (χ0n) is 10.6. The molecule has 104 valence electrons. The van der Waals surface area contributed by atoms with Crippen molar-refractivity contribution in [3.8, 4) is 0 Å². The minimum atomic E-state index is -3.42. The number of nitrogens with zero attached hydrogens (tertiary/aromatic N) is 1. The standard InChI is InChI=1S/C11H18ClNO3S2/c1-3-13(5-6-16-4-2)18(14,15)11-7-10(8-12)17-9-11/h7,9H,3-6,8H2,1-2H3. The topological polar surface area (TPSA) is 46.6 Å². The maximum atomic E-state index is 12.3. The second-order valence-electron chi connectivity index (χ2n) is 3.58. The van der Waals surface area contributed by atoms with E-state index in [9.17, 15) is 8.42 Å². The predicted molar refractivity (Wildman–Crippen MR) is 74.8 cm³/mol. The smallest absolute Gasteiger partial charge is 0.243 e. The number of likely N-dealkylation sites (N-methyl/N-ethyl adjacent to an activating group) is 1. The third-order valence-electron chi connectivity index (χ3n) is 2.44. The lowest BCUT2D eigenvalue weighted by Crippen LogP contribution is -2.33. The molecule has 1 rings (SSSR count). The zero-order chi connectivity index (χ0) is 13.6. The number of alkyl halides is 1. The fourth-order valence-electron chi connectivity index (χ4n) is 1.47. The third kappa shape index (κ3) is 3.93. The van der Waals surface area contributed by atoms with E-state index in [2.05, 4.69) is 0 Å². The van der Waals surface area contributed by atoms with Crippen molar-refractivity contribution in [1.82, 2.24) is 4.31 Å². The highest BCUT2D eigenvalue weighted by atomic mass is 35.5. The monoisotopic (exact) mass is 311 g/mol. The molecule has 18 heavy (non-hydrogen) atoms. The second kappa shape index (κ2) is 7.45. The summed E-state index contributed by atoms with van der Waals surface area (Å²) in [5.74, 6) is 0.339. The summed E-state index contributed by atoms with van der Waals surface area (Å²) in [6.45, 7) is 5.51. The fourth-order valence-corrected chi connectivity index (χ4v) is 4.28. The van der Waals surface area contributed by atoms with Gasteiger partial charge in [0.2, 0.25) is 10.0 Å². The first kappa shape index (κ1) is 15.9. The lowest BCUT2D eigenvalue weighted by Gasteiger charge is -2.19. The van der Waals surface area contributed by atoms with E-state index in [4.69, 9.17) is 16.3 Å². The molecule has 1 aromatic heterocycles. The first-order chi connectivity index (χ1) is 8.56. The highest BCUT2D eigenvalue weighted by Crippen LogP contribution is 2.23. The minimum Gasteiger partial charge on any atom is -0.380 e. The van der Waals surface area contributed by atoms with Gasteiger partial charge < -0.3 is 4.74 Å². The van der Waals surface area contributed by atoms with Gasteiger partial charge in [-0.1, -0.05) is 6.92 Å². The molecule has 0 aliphatic carbocycles. The highest BCUT2D eigenvalue weighted by Gasteiger charge is 2.23. The summed E-state index contributed by atoms with van der Waals surface area (Å²) in [6.07, 6.45) is 0. The Bertz CT molecular complexity index is 459. The molecule has 0 atom stereocenters. The van der Waals surface area contributed by atoms with E-state index in [0.29, 0.717) is 37.1 Å². The molecule has 7 heteroatoms. The molecule has 0 fully saturated rings. The number of hydrogen-bond acceptors (Lipinski definition) is 4. The largest absolute Gasteiger partial charge is 0.380 e. The van der Waals surface area contributed by atoms with Crippen molar-refractivity contribution < 1.29 is 13.2 Å². The average Bonchev–Trinajstić information content (AvgIpc) is 2.83. The SMILES string of the molecule is CCOCCN(CC)S(=O)(=O)c1csc(CCl)c1. The Morgan fingerprint density at radius 1 is 1.44 bits per heavy atom. The maximum absolute atomic E-state index is 12.3. The number of sulfonamides is 1. The van der Waals surface area contributed by atoms with E-state index in [0.717, 1.165) is 4.88 Å². The molecular formula is C11H18ClNO3S2. The van der Waals surface area contributed by atoms with E-state index in [1.807, 2.05) is 13.8 Å². The van der Waals surface area contributed by atoms with Gasteiger partial charge in [-0.05, 0) is 13.0 Å². The van der Waals surface area contributed by atoms with Crippen molar-refractivity contribution in [3.63, 3.8) is 0 Å². The van der Waals surface area contributed by atoms with Crippen LogP contribution in [-0.4, -0.2) is 39.0 Å². The molecule has 0 amide bonds. The second-order valence-corrected chi connectivity index (χ2v) is 6.78. The number of thiophene rings is 1. The van der Waals surface area contributed by atoms with E-state index in [-0.39, 0.29) is 0 Å². The van der Waals surface area contributed by atoms with Crippen molar-refractivity contribution in [2.45, 2.75) is 24.6 Å². The van der Waals surface area contributed by atoms with Crippen LogP contribution in [0.5, 0.6) is 0 Å². The van der Waals surface area contributed by atoms with Gasteiger partial charge in [-0.3, -0.25) is 0 Å². The van der Waals surface area contributed by atoms with Crippen molar-refractivity contribution in [2.24, 2.45) is 0 Å². The van der Waals surface area contributed by atoms with Crippen LogP contribution in [0.2, 0.25) is 0 Å². The Morgan fingerprint density at radius 2 is 2.17 bits per heavy atom. The van der Waals surface area contributed by atoms with Gasteiger partial charge in [0.05, 0.1) is 17.4 Å². The van der Waals surface area contributed by atoms with Gasteiger partial charge >= 0.3 is 0 Å². The quantitative estimate of drug-likeness (QED) is 0.547. The van der Waals surface area contributed by atoms with Gasteiger partial charge in [-0.15, -0.1) is 22.9 Å². The molecule has 0 spiro atoms. The molecule has 0 unspecified atom stereocenters. The van der Waals surface area contributed by atoms with Crippen molar-refractivity contribution >= 4 is 33.0 Å². The van der Waals surface area contributed by atoms with E-state index < -0.39 is 10.0 Å². The van der Waals surface area contributed by atoms with Gasteiger partial charge in [0, 0.05) is 30.0 Å². The Kier molecular flexibility index (Phi) is 6.59. The summed E-state index contributed by atoms with van der Waals surface area (Å²) in [5, 5.41) is 1.64. The van der Waals surface area contributed by atoms with Crippen LogP contribution >= 0.6 is 22.9 Å². The molecule has 4 nitrogen and oxygen atoms in total. The lowest BCUT2D eigenvalue weighted by molar-refractivity contribution is 0.135. The third-order valence-corrected chi connectivity index (χ3v) is 5.93. The van der Waals surface area contributed by atoms with Gasteiger partial charge in [0.25, 0.3) is 0 Å². The van der Waals surface area contributed by atoms with Crippen LogP contribution in [0.3, 0.4) is 0 Å². The van der Waals surface area contributed by atoms with E-state index in [1.165, 1.54) is 15.6 Å². The predicted octanol–water partition coefficient (Wildman–Crippen LogP) is 2.53. The minimum absolute atomic E-state index is 0.321. The lowest BCUT2D eigenvalue weighted by atomic mass is 10.5. The van der Waals surface area contributed by atoms with Gasteiger partial charge in [-0.2, -0.15) is 4.31 Å². The highest BCUT2D eigenvalue weighted by molar-refractivity contribution is 7.89. The summed E-state index contributed by atoms with van der Waals surface area (Å²) >= 11 is 7.05. The van der Waals surface area contributed by atoms with Crippen LogP contribution in [0.1, 0.15) is 18.7 Å². The summed E-state index contributed by atoms with van der Waals surface area (Å²) in [5.41, 5.74) is 0. The average molecular weight is 312 g/mol. The fraction of sp³-hybridized carbons (Fsp3) is 0.636. The van der Waals surface area contributed by atoms with Crippen LogP contribution in [0.4, 0.5) is 0 Å². The van der Waals surface area contributed by atoms with Crippen LogP contribution in [0.15, 0.2) is 16.3 Å². The molecule has 0 aliphatic heterocycles. The van der Waals surface area contributed by atoms with Crippen LogP contribution < -0.4 is 0 Å². The summed E-state index contributed by atoms with van der Waals surface area (Å²) in [6, 6.07) is 1.64. The first-order valence-corrected chi connectivity index (χ1v) is 8.62. The summed E-state index contributed by atoms with van der Waals surface area (Å²) in [7, 11) is -3.42. The normalized spacial score (nSPS) is 12.2. The number of ether oxygens (including phenoxy) is 1. The number of halogens is 1. The molecule has 0 bridgehead atoms. The summed E-state index contributed by atoms with van der Waals surface area (Å²) < 4.78 is 31.3. The van der Waals surface area contributed by atoms with E-state index >= 15 is 0 Å². The molecule has 1 aromatic rings. The van der Waals surface area contributed by atoms with Crippen LogP contribution in [0.25, 0.3) is 0 Å². The van der Waals surface area contributed by atoms with Crippen molar-refractivity contribution in [3.05, 3.63) is 16.3 Å². The summed E-state index contributed by atoms with van der Waals surface area (Å²) in [4.78, 5) is 1.18. The molecule has 0 aromatic carbocycles. The molecule has 0 saturated heterocycles. The van der Waals surface area contributed by atoms with Crippen molar-refractivity contribution in [2.75, 3.05) is 26.3 Å². The van der Waals surface area contributed by atoms with Crippen LogP contribution in [0, 0.1) is 0 Å². The van der Waals surface area contributed by atoms with Crippen LogP contribution in [-0.2, 0) is 20.6 Å². The Labute approximate surface area is 118 Å². The molecule has 0 saturated carbocycles.